The minimum absolute atomic E-state index is 0.00528. The number of anilines is 2. The number of nitriles is 2. The van der Waals surface area contributed by atoms with Crippen LogP contribution in [0.2, 0.25) is 0 Å². The van der Waals surface area contributed by atoms with Crippen molar-refractivity contribution in [2.45, 2.75) is 64.2 Å². The molecule has 6 rings (SSSR count). The maximum absolute atomic E-state index is 13.7. The maximum atomic E-state index is 13.7. The second-order valence-electron chi connectivity index (χ2n) is 13.9. The third-order valence-electron chi connectivity index (χ3n) is 9.65. The van der Waals surface area contributed by atoms with E-state index in [0.717, 1.165) is 34.8 Å². The van der Waals surface area contributed by atoms with Crippen LogP contribution < -0.4 is 43.8 Å². The first kappa shape index (κ1) is 47.4. The Hall–Kier alpha value is -6.99. The summed E-state index contributed by atoms with van der Waals surface area (Å²) in [5.74, 6) is -0.829. The van der Waals surface area contributed by atoms with Crippen molar-refractivity contribution in [2.75, 3.05) is 36.0 Å². The highest BCUT2D eigenvalue weighted by molar-refractivity contribution is 5.66. The minimum atomic E-state index is -0.745. The normalized spacial score (nSPS) is 15.6. The molecule has 20 heteroatoms. The van der Waals surface area contributed by atoms with Crippen molar-refractivity contribution >= 4 is 23.8 Å². The van der Waals surface area contributed by atoms with Crippen LogP contribution in [0.25, 0.3) is 0 Å². The molecule has 0 radical (unpaired) electrons. The molecule has 5 N–H and O–H groups in total. The number of carbonyl (C=O) groups is 1. The number of carboxylic acids is 1. The molecule has 2 aromatic heterocycles. The Morgan fingerprint density at radius 3 is 1.38 bits per heavy atom. The van der Waals surface area contributed by atoms with Crippen molar-refractivity contribution in [3.05, 3.63) is 124 Å². The van der Waals surface area contributed by atoms with Crippen molar-refractivity contribution in [1.29, 1.82) is 10.5 Å². The van der Waals surface area contributed by atoms with Gasteiger partial charge in [0.2, 0.25) is 0 Å². The van der Waals surface area contributed by atoms with Crippen LogP contribution in [0.3, 0.4) is 0 Å². The quantitative estimate of drug-likeness (QED) is 0.234. The zero-order valence-corrected chi connectivity index (χ0v) is 33.3. The molecule has 0 aliphatic carbocycles. The summed E-state index contributed by atoms with van der Waals surface area (Å²) in [5, 5.41) is 26.3. The van der Waals surface area contributed by atoms with Gasteiger partial charge >= 0.3 is 23.5 Å². The summed E-state index contributed by atoms with van der Waals surface area (Å²) in [4.78, 5) is 79.2. The molecule has 18 nitrogen and oxygen atoms in total. The fourth-order valence-electron chi connectivity index (χ4n) is 6.52. The third-order valence-corrected chi connectivity index (χ3v) is 9.65. The largest absolute Gasteiger partial charge is 0.481 e. The molecule has 60 heavy (non-hydrogen) atoms. The Labute approximate surface area is 342 Å². The summed E-state index contributed by atoms with van der Waals surface area (Å²) < 4.78 is 32.1. The van der Waals surface area contributed by atoms with E-state index in [1.165, 1.54) is 71.8 Å². The highest BCUT2D eigenvalue weighted by atomic mass is 19.1. The second-order valence-corrected chi connectivity index (χ2v) is 13.9. The average molecular weight is 833 g/mol. The highest BCUT2D eigenvalue weighted by Crippen LogP contribution is 2.21. The number of hydrogen-bond donors (Lipinski definition) is 3. The van der Waals surface area contributed by atoms with Gasteiger partial charge in [-0.3, -0.25) is 32.7 Å². The molecule has 0 saturated carbocycles. The maximum Gasteiger partial charge on any atom is 0.373 e. The van der Waals surface area contributed by atoms with Crippen LogP contribution in [0.1, 0.15) is 61.3 Å². The van der Waals surface area contributed by atoms with Crippen molar-refractivity contribution in [3.8, 4) is 12.1 Å². The van der Waals surface area contributed by atoms with Crippen molar-refractivity contribution in [3.63, 3.8) is 0 Å². The van der Waals surface area contributed by atoms with Crippen molar-refractivity contribution in [2.24, 2.45) is 25.6 Å². The molecule has 2 aliphatic heterocycles. The van der Waals surface area contributed by atoms with Gasteiger partial charge in [0.25, 0.3) is 11.1 Å². The predicted octanol–water partition coefficient (Wildman–Crippen LogP) is 0.965. The Morgan fingerprint density at radius 2 is 1.08 bits per heavy atom. The average Bonchev–Trinajstić information content (AvgIpc) is 3.22. The summed E-state index contributed by atoms with van der Waals surface area (Å²) in [6.45, 7) is 4.00. The SMILES string of the molecule is CCC(=O)O.Cn1c(=O)cc(N2CCC[C@@H](N)C2)n(Cc2cc(F)ccc2C#N)c1=O.Cn1c(=O)cc(N2CCC[C@@H](N)C2)n(Cc2cc(F)ccc2C#N)c1=O.O=C=O. The van der Waals surface area contributed by atoms with Gasteiger partial charge in [-0.15, -0.1) is 0 Å². The van der Waals surface area contributed by atoms with Crippen molar-refractivity contribution < 1.29 is 28.3 Å². The van der Waals surface area contributed by atoms with E-state index in [9.17, 15) is 43.3 Å². The van der Waals surface area contributed by atoms with Crippen molar-refractivity contribution in [1.82, 2.24) is 18.3 Å². The van der Waals surface area contributed by atoms with Crippen LogP contribution in [0.5, 0.6) is 0 Å². The van der Waals surface area contributed by atoms with Crippen LogP contribution in [-0.2, 0) is 41.6 Å². The zero-order valence-electron chi connectivity index (χ0n) is 33.3. The van der Waals surface area contributed by atoms with E-state index >= 15 is 0 Å². The van der Waals surface area contributed by atoms with E-state index in [0.29, 0.717) is 48.9 Å². The summed E-state index contributed by atoms with van der Waals surface area (Å²) in [6.07, 6.45) is 3.95. The van der Waals surface area contributed by atoms with Gasteiger partial charge in [0.15, 0.2) is 0 Å². The van der Waals surface area contributed by atoms with E-state index in [-0.39, 0.29) is 48.9 Å². The number of aromatic nitrogens is 4. The van der Waals surface area contributed by atoms with Crippen LogP contribution >= 0.6 is 0 Å². The first-order chi connectivity index (χ1) is 28.5. The van der Waals surface area contributed by atoms with Gasteiger partial charge in [-0.25, -0.2) is 18.4 Å². The fourth-order valence-corrected chi connectivity index (χ4v) is 6.52. The van der Waals surface area contributed by atoms with E-state index in [4.69, 9.17) is 26.2 Å². The van der Waals surface area contributed by atoms with Gasteiger partial charge in [0.05, 0.1) is 36.4 Å². The number of nitrogens with zero attached hydrogens (tertiary/aromatic N) is 8. The van der Waals surface area contributed by atoms with Crippen LogP contribution in [-0.4, -0.2) is 73.8 Å². The molecule has 4 aromatic rings. The standard InChI is InChI=1S/2C18H20FN5O2.C3H6O2.CO2/c2*1-22-17(25)8-16(23-6-2-3-15(21)11-23)24(18(22)26)10-13-7-14(19)5-4-12(13)9-20;1-2-3(4)5;2-1-3/h2*4-5,7-8,15H,2-3,6,10-11,21H2,1H3;2H2,1H3,(H,4,5);/t2*15-;;/m11../s1. The molecule has 2 atom stereocenters. The number of nitrogens with two attached hydrogens (primary N) is 2. The number of hydrogen-bond acceptors (Lipinski definition) is 13. The third kappa shape index (κ3) is 12.5. The Bertz CT molecular complexity index is 2370. The summed E-state index contributed by atoms with van der Waals surface area (Å²) >= 11 is 0. The number of halogens is 2. The molecule has 4 heterocycles. The molecule has 2 aromatic carbocycles. The fraction of sp³-hybridized carbons (Fsp3) is 0.400. The molecule has 0 unspecified atom stereocenters. The first-order valence-corrected chi connectivity index (χ1v) is 18.7. The Balaban J connectivity index is 0.000000272. The highest BCUT2D eigenvalue weighted by Gasteiger charge is 2.24. The molecule has 2 saturated heterocycles. The minimum Gasteiger partial charge on any atom is -0.481 e. The molecular formula is C40H46F2N10O8. The lowest BCUT2D eigenvalue weighted by Gasteiger charge is -2.34. The van der Waals surface area contributed by atoms with E-state index in [1.54, 1.807) is 6.92 Å². The molecular weight excluding hydrogens is 786 g/mol. The number of benzene rings is 2. The van der Waals surface area contributed by atoms with E-state index in [1.807, 2.05) is 21.9 Å². The monoisotopic (exact) mass is 832 g/mol. The molecule has 0 spiro atoms. The second kappa shape index (κ2) is 22.2. The van der Waals surface area contributed by atoms with E-state index < -0.39 is 40.1 Å². The number of piperidine rings is 2. The lowest BCUT2D eigenvalue weighted by molar-refractivity contribution is -0.191. The number of carbonyl (C=O) groups excluding carboxylic acids is 2. The lowest BCUT2D eigenvalue weighted by Crippen LogP contribution is -2.47. The number of carboxylic acid groups (broad SMARTS) is 1. The van der Waals surface area contributed by atoms with Gasteiger partial charge in [0, 0.05) is 70.9 Å². The molecule has 2 fully saturated rings. The summed E-state index contributed by atoms with van der Waals surface area (Å²) in [5.41, 5.74) is 11.5. The zero-order chi connectivity index (χ0) is 44.7. The topological polar surface area (TPSA) is 266 Å². The van der Waals surface area contributed by atoms with Gasteiger partial charge in [-0.1, -0.05) is 6.92 Å². The van der Waals surface area contributed by atoms with Gasteiger partial charge < -0.3 is 26.4 Å². The Kier molecular flexibility index (Phi) is 17.6. The van der Waals surface area contributed by atoms with Crippen LogP contribution in [0.4, 0.5) is 20.4 Å². The predicted molar refractivity (Wildman–Crippen MR) is 214 cm³/mol. The van der Waals surface area contributed by atoms with Gasteiger partial charge in [0.1, 0.15) is 23.3 Å². The molecule has 2 aliphatic rings. The van der Waals surface area contributed by atoms with Crippen LogP contribution in [0, 0.1) is 34.3 Å². The first-order valence-electron chi connectivity index (χ1n) is 18.7. The lowest BCUT2D eigenvalue weighted by atomic mass is 10.1. The molecule has 318 valence electrons. The van der Waals surface area contributed by atoms with Gasteiger partial charge in [-0.2, -0.15) is 20.1 Å². The summed E-state index contributed by atoms with van der Waals surface area (Å²) in [6, 6.07) is 14.4. The molecule has 0 amide bonds. The number of aliphatic carboxylic acids is 1. The van der Waals surface area contributed by atoms with Gasteiger partial charge in [-0.05, 0) is 73.2 Å². The molecule has 0 bridgehead atoms. The number of rotatable bonds is 7. The summed E-state index contributed by atoms with van der Waals surface area (Å²) in [7, 11) is 2.79. The smallest absolute Gasteiger partial charge is 0.373 e. The Morgan fingerprint density at radius 1 is 0.733 bits per heavy atom. The van der Waals surface area contributed by atoms with Crippen LogP contribution in [0.15, 0.2) is 67.7 Å². The van der Waals surface area contributed by atoms with E-state index in [2.05, 4.69) is 0 Å².